The van der Waals surface area contributed by atoms with Crippen molar-refractivity contribution in [1.82, 2.24) is 5.32 Å². The third kappa shape index (κ3) is 3.71. The van der Waals surface area contributed by atoms with Gasteiger partial charge in [0, 0.05) is 28.7 Å². The van der Waals surface area contributed by atoms with E-state index in [4.69, 9.17) is 27.9 Å². The molecule has 0 aliphatic carbocycles. The Kier molecular flexibility index (Phi) is 5.67. The van der Waals surface area contributed by atoms with Gasteiger partial charge in [0.2, 0.25) is 0 Å². The van der Waals surface area contributed by atoms with Crippen LogP contribution in [-0.4, -0.2) is 13.7 Å². The first kappa shape index (κ1) is 13.4. The molecule has 4 heteroatoms. The molecule has 16 heavy (non-hydrogen) atoms. The summed E-state index contributed by atoms with van der Waals surface area (Å²) in [6, 6.07) is 8.04. The lowest BCUT2D eigenvalue weighted by Crippen LogP contribution is -2.20. The first-order valence-corrected chi connectivity index (χ1v) is 5.81. The van der Waals surface area contributed by atoms with Crippen LogP contribution in [0.3, 0.4) is 0 Å². The number of hydrogen-bond donors (Lipinski definition) is 1. The first-order valence-electron chi connectivity index (χ1n) is 5.00. The van der Waals surface area contributed by atoms with Crippen molar-refractivity contribution in [2.24, 2.45) is 0 Å². The molecule has 1 aromatic rings. The van der Waals surface area contributed by atoms with E-state index in [1.165, 1.54) is 5.54 Å². The van der Waals surface area contributed by atoms with Crippen molar-refractivity contribution in [3.63, 3.8) is 0 Å². The lowest BCUT2D eigenvalue weighted by Gasteiger charge is -2.16. The van der Waals surface area contributed by atoms with Crippen LogP contribution in [0.1, 0.15) is 18.5 Å². The number of halogens is 2. The topological polar surface area (TPSA) is 21.3 Å². The average Bonchev–Trinajstić information content (AvgIpc) is 2.35. The summed E-state index contributed by atoms with van der Waals surface area (Å²) < 4.78 is 5.29. The normalized spacial score (nSPS) is 13.6. The van der Waals surface area contributed by atoms with Crippen LogP contribution in [0.2, 0.25) is 0 Å². The number of ether oxygens (including phenoxy) is 1. The van der Waals surface area contributed by atoms with Gasteiger partial charge in [-0.3, -0.25) is 0 Å². The first-order chi connectivity index (χ1) is 7.69. The van der Waals surface area contributed by atoms with E-state index < -0.39 is 0 Å². The molecule has 0 aromatic heterocycles. The SMILES string of the molecule is COc1ccccc1[C@@H](C)NC/C(Cl)=C/Cl. The maximum Gasteiger partial charge on any atom is 0.123 e. The van der Waals surface area contributed by atoms with Crippen molar-refractivity contribution >= 4 is 23.2 Å². The third-order valence-corrected chi connectivity index (χ3v) is 2.92. The van der Waals surface area contributed by atoms with Gasteiger partial charge < -0.3 is 10.1 Å². The summed E-state index contributed by atoms with van der Waals surface area (Å²) in [5.74, 6) is 0.869. The molecule has 0 unspecified atom stereocenters. The Hall–Kier alpha value is -0.700. The van der Waals surface area contributed by atoms with E-state index in [9.17, 15) is 0 Å². The second-order valence-electron chi connectivity index (χ2n) is 3.40. The monoisotopic (exact) mass is 259 g/mol. The Morgan fingerprint density at radius 3 is 2.81 bits per heavy atom. The fourth-order valence-electron chi connectivity index (χ4n) is 1.42. The van der Waals surface area contributed by atoms with Crippen LogP contribution in [0.4, 0.5) is 0 Å². The molecule has 0 amide bonds. The molecule has 0 aliphatic heterocycles. The Bertz CT molecular complexity index is 366. The smallest absolute Gasteiger partial charge is 0.123 e. The van der Waals surface area contributed by atoms with Crippen molar-refractivity contribution in [1.29, 1.82) is 0 Å². The highest BCUT2D eigenvalue weighted by molar-refractivity contribution is 6.36. The van der Waals surface area contributed by atoms with Gasteiger partial charge in [-0.1, -0.05) is 41.4 Å². The summed E-state index contributed by atoms with van der Waals surface area (Å²) in [6.07, 6.45) is 0. The van der Waals surface area contributed by atoms with E-state index >= 15 is 0 Å². The molecular formula is C12H15Cl2NO. The Morgan fingerprint density at radius 2 is 2.19 bits per heavy atom. The minimum Gasteiger partial charge on any atom is -0.496 e. The van der Waals surface area contributed by atoms with E-state index in [1.807, 2.05) is 24.3 Å². The predicted molar refractivity (Wildman–Crippen MR) is 69.2 cm³/mol. The largest absolute Gasteiger partial charge is 0.496 e. The molecule has 1 atom stereocenters. The van der Waals surface area contributed by atoms with Crippen LogP contribution in [0.15, 0.2) is 34.8 Å². The van der Waals surface area contributed by atoms with Crippen LogP contribution in [0.5, 0.6) is 5.75 Å². The molecule has 0 fully saturated rings. The molecular weight excluding hydrogens is 245 g/mol. The summed E-state index contributed by atoms with van der Waals surface area (Å²) in [7, 11) is 1.66. The van der Waals surface area contributed by atoms with Crippen LogP contribution in [0.25, 0.3) is 0 Å². The van der Waals surface area contributed by atoms with Crippen molar-refractivity contribution in [3.8, 4) is 5.75 Å². The lowest BCUT2D eigenvalue weighted by atomic mass is 10.1. The number of methoxy groups -OCH3 is 1. The van der Waals surface area contributed by atoms with Crippen LogP contribution < -0.4 is 10.1 Å². The number of para-hydroxylation sites is 1. The Labute approximate surface area is 106 Å². The molecule has 0 saturated carbocycles. The number of nitrogens with one attached hydrogen (secondary N) is 1. The summed E-state index contributed by atoms with van der Waals surface area (Å²) in [5, 5.41) is 3.85. The van der Waals surface area contributed by atoms with Gasteiger partial charge in [-0.15, -0.1) is 0 Å². The summed E-state index contributed by atoms with van der Waals surface area (Å²) in [4.78, 5) is 0. The molecule has 0 saturated heterocycles. The minimum absolute atomic E-state index is 0.154. The predicted octanol–water partition coefficient (Wildman–Crippen LogP) is 3.66. The van der Waals surface area contributed by atoms with Gasteiger partial charge in [-0.05, 0) is 13.0 Å². The number of rotatable bonds is 5. The quantitative estimate of drug-likeness (QED) is 0.872. The molecule has 0 heterocycles. The van der Waals surface area contributed by atoms with Crippen molar-refractivity contribution in [2.75, 3.05) is 13.7 Å². The molecule has 2 nitrogen and oxygen atoms in total. The molecule has 88 valence electrons. The fraction of sp³-hybridized carbons (Fsp3) is 0.333. The van der Waals surface area contributed by atoms with E-state index in [0.29, 0.717) is 11.6 Å². The summed E-state index contributed by atoms with van der Waals surface area (Å²) in [6.45, 7) is 2.60. The highest BCUT2D eigenvalue weighted by Gasteiger charge is 2.09. The molecule has 1 aromatic carbocycles. The van der Waals surface area contributed by atoms with Crippen molar-refractivity contribution < 1.29 is 4.74 Å². The van der Waals surface area contributed by atoms with E-state index in [-0.39, 0.29) is 6.04 Å². The van der Waals surface area contributed by atoms with Crippen LogP contribution >= 0.6 is 23.2 Å². The summed E-state index contributed by atoms with van der Waals surface area (Å²) in [5.41, 5.74) is 2.47. The standard InChI is InChI=1S/C12H15Cl2NO/c1-9(15-8-10(14)7-13)11-5-3-4-6-12(11)16-2/h3-7,9,15H,8H2,1-2H3/b10-7-/t9-/m1/s1. The second-order valence-corrected chi connectivity index (χ2v) is 4.10. The highest BCUT2D eigenvalue weighted by Crippen LogP contribution is 2.24. The third-order valence-electron chi connectivity index (χ3n) is 2.30. The molecule has 0 radical (unpaired) electrons. The molecule has 1 N–H and O–H groups in total. The average molecular weight is 260 g/mol. The zero-order valence-electron chi connectivity index (χ0n) is 9.34. The molecule has 0 aliphatic rings. The molecule has 0 spiro atoms. The fourth-order valence-corrected chi connectivity index (χ4v) is 1.58. The van der Waals surface area contributed by atoms with Gasteiger partial charge in [0.25, 0.3) is 0 Å². The van der Waals surface area contributed by atoms with Gasteiger partial charge in [0.15, 0.2) is 0 Å². The van der Waals surface area contributed by atoms with Crippen molar-refractivity contribution in [3.05, 3.63) is 40.4 Å². The van der Waals surface area contributed by atoms with Gasteiger partial charge in [-0.2, -0.15) is 0 Å². The molecule has 0 bridgehead atoms. The number of benzene rings is 1. The van der Waals surface area contributed by atoms with Crippen LogP contribution in [0, 0.1) is 0 Å². The maximum absolute atomic E-state index is 5.81. The molecule has 1 rings (SSSR count). The number of hydrogen-bond acceptors (Lipinski definition) is 2. The van der Waals surface area contributed by atoms with Gasteiger partial charge in [-0.25, -0.2) is 0 Å². The van der Waals surface area contributed by atoms with Crippen LogP contribution in [-0.2, 0) is 0 Å². The minimum atomic E-state index is 0.154. The Balaban J connectivity index is 2.68. The second kappa shape index (κ2) is 6.79. The van der Waals surface area contributed by atoms with E-state index in [1.54, 1.807) is 7.11 Å². The van der Waals surface area contributed by atoms with Gasteiger partial charge >= 0.3 is 0 Å². The summed E-state index contributed by atoms with van der Waals surface area (Å²) >= 11 is 11.3. The lowest BCUT2D eigenvalue weighted by molar-refractivity contribution is 0.403. The maximum atomic E-state index is 5.81. The zero-order chi connectivity index (χ0) is 12.0. The van der Waals surface area contributed by atoms with Gasteiger partial charge in [0.1, 0.15) is 5.75 Å². The highest BCUT2D eigenvalue weighted by atomic mass is 35.5. The zero-order valence-corrected chi connectivity index (χ0v) is 10.8. The van der Waals surface area contributed by atoms with E-state index in [0.717, 1.165) is 11.3 Å². The van der Waals surface area contributed by atoms with E-state index in [2.05, 4.69) is 12.2 Å². The Morgan fingerprint density at radius 1 is 1.50 bits per heavy atom. The van der Waals surface area contributed by atoms with Gasteiger partial charge in [0.05, 0.1) is 7.11 Å². The van der Waals surface area contributed by atoms with Crippen molar-refractivity contribution in [2.45, 2.75) is 13.0 Å².